The van der Waals surface area contributed by atoms with E-state index in [0.29, 0.717) is 10.4 Å². The Morgan fingerprint density at radius 2 is 1.70 bits per heavy atom. The third kappa shape index (κ3) is 3.11. The molecule has 6 heteroatoms. The molecule has 1 N–H and O–H groups in total. The minimum absolute atomic E-state index is 0.123. The first-order valence-corrected chi connectivity index (χ1v) is 5.87. The van der Waals surface area contributed by atoms with Crippen molar-refractivity contribution in [2.24, 2.45) is 0 Å². The Hall–Kier alpha value is -2.01. The number of fused-ring (bicyclic) bond motifs is 1. The minimum atomic E-state index is -5.00. The summed E-state index contributed by atoms with van der Waals surface area (Å²) in [6.07, 6.45) is -4.84. The monoisotopic (exact) mass is 300 g/mol. The lowest BCUT2D eigenvalue weighted by molar-refractivity contribution is -0.165. The maximum atomic E-state index is 12.1. The molecule has 2 aromatic carbocycles. The van der Waals surface area contributed by atoms with Gasteiger partial charge in [0.15, 0.2) is 0 Å². The summed E-state index contributed by atoms with van der Waals surface area (Å²) in [7, 11) is 0. The number of benzene rings is 2. The normalized spacial score (nSPS) is 12.7. The van der Waals surface area contributed by atoms with Gasteiger partial charge in [0.1, 0.15) is 5.76 Å². The van der Waals surface area contributed by atoms with E-state index in [-0.39, 0.29) is 11.6 Å². The van der Waals surface area contributed by atoms with Gasteiger partial charge in [-0.15, -0.1) is 0 Å². The number of hydrogen-bond donors (Lipinski definition) is 1. The van der Waals surface area contributed by atoms with Gasteiger partial charge in [0, 0.05) is 16.7 Å². The van der Waals surface area contributed by atoms with Crippen LogP contribution in [-0.4, -0.2) is 17.1 Å². The molecule has 20 heavy (non-hydrogen) atoms. The topological polar surface area (TPSA) is 37.3 Å². The fourth-order valence-corrected chi connectivity index (χ4v) is 1.85. The van der Waals surface area contributed by atoms with E-state index in [0.717, 1.165) is 5.39 Å². The summed E-state index contributed by atoms with van der Waals surface area (Å²) in [6, 6.07) is 9.45. The molecule has 0 bridgehead atoms. The highest BCUT2D eigenvalue weighted by Crippen LogP contribution is 2.24. The fraction of sp³-hybridized carbons (Fsp3) is 0.0714. The van der Waals surface area contributed by atoms with Crippen molar-refractivity contribution in [1.29, 1.82) is 0 Å². The molecule has 0 atom stereocenters. The van der Waals surface area contributed by atoms with E-state index >= 15 is 0 Å². The number of halogens is 4. The molecule has 0 unspecified atom stereocenters. The van der Waals surface area contributed by atoms with Crippen molar-refractivity contribution >= 4 is 33.9 Å². The zero-order chi connectivity index (χ0) is 14.9. The van der Waals surface area contributed by atoms with Crippen LogP contribution in [0.3, 0.4) is 0 Å². The van der Waals surface area contributed by atoms with E-state index in [1.54, 1.807) is 24.3 Å². The predicted molar refractivity (Wildman–Crippen MR) is 70.6 cm³/mol. The number of aliphatic hydroxyl groups excluding tert-OH is 1. The summed E-state index contributed by atoms with van der Waals surface area (Å²) in [5.41, 5.74) is 0.123. The van der Waals surface area contributed by atoms with Gasteiger partial charge in [0.25, 0.3) is 5.78 Å². The summed E-state index contributed by atoms with van der Waals surface area (Å²) in [4.78, 5) is 10.8. The van der Waals surface area contributed by atoms with Crippen LogP contribution in [-0.2, 0) is 4.79 Å². The first-order chi connectivity index (χ1) is 9.27. The van der Waals surface area contributed by atoms with Crippen molar-refractivity contribution in [2.75, 3.05) is 0 Å². The van der Waals surface area contributed by atoms with Gasteiger partial charge in [-0.3, -0.25) is 4.79 Å². The molecule has 0 fully saturated rings. The van der Waals surface area contributed by atoms with Crippen LogP contribution in [0.1, 0.15) is 5.56 Å². The smallest absolute Gasteiger partial charge is 0.454 e. The molecule has 0 aliphatic rings. The second-order valence-corrected chi connectivity index (χ2v) is 4.53. The number of allylic oxidation sites excluding steroid dienone is 1. The lowest BCUT2D eigenvalue weighted by Crippen LogP contribution is -2.20. The van der Waals surface area contributed by atoms with Crippen LogP contribution >= 0.6 is 11.6 Å². The van der Waals surface area contributed by atoms with Crippen molar-refractivity contribution < 1.29 is 23.1 Å². The van der Waals surface area contributed by atoms with Crippen LogP contribution in [0.5, 0.6) is 0 Å². The SMILES string of the molecule is O=C(C=C(O)c1ccc2cc(Cl)ccc2c1)C(F)(F)F. The van der Waals surface area contributed by atoms with Crippen LogP contribution in [0.25, 0.3) is 16.5 Å². The Morgan fingerprint density at radius 3 is 2.35 bits per heavy atom. The lowest BCUT2D eigenvalue weighted by atomic mass is 10.1. The van der Waals surface area contributed by atoms with Gasteiger partial charge in [-0.2, -0.15) is 13.2 Å². The van der Waals surface area contributed by atoms with Gasteiger partial charge in [0.05, 0.1) is 0 Å². The average Bonchev–Trinajstić information content (AvgIpc) is 2.36. The zero-order valence-corrected chi connectivity index (χ0v) is 10.7. The van der Waals surface area contributed by atoms with Gasteiger partial charge >= 0.3 is 6.18 Å². The van der Waals surface area contributed by atoms with Crippen molar-refractivity contribution in [2.45, 2.75) is 6.18 Å². The molecule has 0 heterocycles. The van der Waals surface area contributed by atoms with Crippen LogP contribution in [0.15, 0.2) is 42.5 Å². The number of carbonyl (C=O) groups excluding carboxylic acids is 1. The molecule has 2 nitrogen and oxygen atoms in total. The van der Waals surface area contributed by atoms with Crippen molar-refractivity contribution in [3.63, 3.8) is 0 Å². The fourth-order valence-electron chi connectivity index (χ4n) is 1.67. The van der Waals surface area contributed by atoms with E-state index < -0.39 is 17.7 Å². The standard InChI is InChI=1S/C14H8ClF3O2/c15-11-4-3-8-5-10(2-1-9(8)6-11)12(19)7-13(20)14(16,17)18/h1-7,19H. The highest BCUT2D eigenvalue weighted by molar-refractivity contribution is 6.31. The number of ketones is 1. The summed E-state index contributed by atoms with van der Waals surface area (Å²) < 4.78 is 36.3. The van der Waals surface area contributed by atoms with Crippen molar-refractivity contribution in [3.8, 4) is 0 Å². The summed E-state index contributed by atoms with van der Waals surface area (Å²) >= 11 is 5.81. The predicted octanol–water partition coefficient (Wildman–Crippen LogP) is 4.52. The third-order valence-electron chi connectivity index (χ3n) is 2.65. The zero-order valence-electron chi connectivity index (χ0n) is 9.91. The van der Waals surface area contributed by atoms with Crippen LogP contribution in [0.4, 0.5) is 13.2 Å². The number of alkyl halides is 3. The van der Waals surface area contributed by atoms with Crippen LogP contribution in [0.2, 0.25) is 5.02 Å². The Balaban J connectivity index is 2.40. The minimum Gasteiger partial charge on any atom is -0.507 e. The van der Waals surface area contributed by atoms with Crippen LogP contribution in [0, 0.1) is 0 Å². The molecule has 0 spiro atoms. The van der Waals surface area contributed by atoms with Gasteiger partial charge in [0.2, 0.25) is 0 Å². The molecule has 0 amide bonds. The summed E-state index contributed by atoms with van der Waals surface area (Å²) in [5, 5.41) is 11.6. The molecule has 0 aliphatic carbocycles. The molecular formula is C14H8ClF3O2. The van der Waals surface area contributed by atoms with Gasteiger partial charge < -0.3 is 5.11 Å². The molecule has 0 aliphatic heterocycles. The number of hydrogen-bond acceptors (Lipinski definition) is 2. The Morgan fingerprint density at radius 1 is 1.10 bits per heavy atom. The number of aliphatic hydroxyl groups is 1. The Labute approximate surface area is 117 Å². The Kier molecular flexibility index (Phi) is 3.72. The molecule has 2 rings (SSSR count). The second-order valence-electron chi connectivity index (χ2n) is 4.10. The summed E-state index contributed by atoms with van der Waals surface area (Å²) in [6.45, 7) is 0. The van der Waals surface area contributed by atoms with Crippen molar-refractivity contribution in [3.05, 3.63) is 53.1 Å². The molecule has 0 aromatic heterocycles. The van der Waals surface area contributed by atoms with E-state index in [4.69, 9.17) is 11.6 Å². The lowest BCUT2D eigenvalue weighted by Gasteiger charge is -2.05. The van der Waals surface area contributed by atoms with E-state index in [1.807, 2.05) is 0 Å². The first-order valence-electron chi connectivity index (χ1n) is 5.49. The van der Waals surface area contributed by atoms with Gasteiger partial charge in [-0.25, -0.2) is 0 Å². The molecule has 0 saturated carbocycles. The summed E-state index contributed by atoms with van der Waals surface area (Å²) in [5.74, 6) is -2.84. The second kappa shape index (κ2) is 5.17. The maximum absolute atomic E-state index is 12.1. The van der Waals surface area contributed by atoms with E-state index in [2.05, 4.69) is 0 Å². The first kappa shape index (κ1) is 14.4. The molecular weight excluding hydrogens is 293 g/mol. The molecule has 2 aromatic rings. The van der Waals surface area contributed by atoms with Gasteiger partial charge in [-0.1, -0.05) is 29.8 Å². The molecule has 0 saturated heterocycles. The highest BCUT2D eigenvalue weighted by Gasteiger charge is 2.36. The molecule has 104 valence electrons. The number of carbonyl (C=O) groups is 1. The quantitative estimate of drug-likeness (QED) is 0.654. The van der Waals surface area contributed by atoms with E-state index in [9.17, 15) is 23.1 Å². The Bertz CT molecular complexity index is 705. The van der Waals surface area contributed by atoms with Crippen molar-refractivity contribution in [1.82, 2.24) is 0 Å². The molecule has 0 radical (unpaired) electrons. The number of rotatable bonds is 2. The van der Waals surface area contributed by atoms with E-state index in [1.165, 1.54) is 12.1 Å². The van der Waals surface area contributed by atoms with Crippen LogP contribution < -0.4 is 0 Å². The average molecular weight is 301 g/mol. The largest absolute Gasteiger partial charge is 0.507 e. The maximum Gasteiger partial charge on any atom is 0.454 e. The highest BCUT2D eigenvalue weighted by atomic mass is 35.5. The third-order valence-corrected chi connectivity index (χ3v) is 2.88. The van der Waals surface area contributed by atoms with Gasteiger partial charge in [-0.05, 0) is 29.0 Å².